The molecule has 1 atom stereocenters. The fourth-order valence-corrected chi connectivity index (χ4v) is 7.85. The average Bonchev–Trinajstić information content (AvgIpc) is 2.95. The van der Waals surface area contributed by atoms with Crippen LogP contribution in [0.2, 0.25) is 0 Å². The molecule has 6 rings (SSSR count). The molecule has 0 aromatic heterocycles. The van der Waals surface area contributed by atoms with Crippen molar-refractivity contribution in [2.24, 2.45) is 0 Å². The van der Waals surface area contributed by atoms with Crippen LogP contribution < -0.4 is 10.6 Å². The van der Waals surface area contributed by atoms with Gasteiger partial charge in [0.05, 0.1) is 19.8 Å². The SMILES string of the molecule is COCCN1CCC(Nc2ccc3c(c2)Sc2cccc(C4=CC(N5CCOCC5)=CC(O)N4)c2S3)CC1. The third-order valence-electron chi connectivity index (χ3n) is 7.52. The van der Waals surface area contributed by atoms with E-state index in [9.17, 15) is 5.11 Å². The maximum absolute atomic E-state index is 10.6. The summed E-state index contributed by atoms with van der Waals surface area (Å²) < 4.78 is 10.8. The Bertz CT molecular complexity index is 1210. The van der Waals surface area contributed by atoms with Gasteiger partial charge in [-0.1, -0.05) is 35.7 Å². The zero-order valence-corrected chi connectivity index (χ0v) is 23.5. The highest BCUT2D eigenvalue weighted by Crippen LogP contribution is 2.51. The number of likely N-dealkylation sites (tertiary alicyclic amines) is 1. The van der Waals surface area contributed by atoms with Gasteiger partial charge in [-0.25, -0.2) is 0 Å². The monoisotopic (exact) mass is 552 g/mol. The normalized spacial score (nSPS) is 22.2. The van der Waals surface area contributed by atoms with Gasteiger partial charge in [0.15, 0.2) is 0 Å². The molecule has 0 radical (unpaired) electrons. The minimum absolute atomic E-state index is 0.511. The molecule has 0 spiro atoms. The molecule has 1 unspecified atom stereocenters. The summed E-state index contributed by atoms with van der Waals surface area (Å²) >= 11 is 3.65. The fraction of sp³-hybridized carbons (Fsp3) is 0.448. The molecular weight excluding hydrogens is 516 g/mol. The van der Waals surface area contributed by atoms with E-state index in [-0.39, 0.29) is 0 Å². The van der Waals surface area contributed by atoms with Crippen molar-refractivity contribution in [3.63, 3.8) is 0 Å². The van der Waals surface area contributed by atoms with Gasteiger partial charge in [0.1, 0.15) is 6.23 Å². The fourth-order valence-electron chi connectivity index (χ4n) is 5.44. The second-order valence-electron chi connectivity index (χ2n) is 10.1. The van der Waals surface area contributed by atoms with Crippen LogP contribution in [0.4, 0.5) is 5.69 Å². The Hall–Kier alpha value is -2.14. The van der Waals surface area contributed by atoms with E-state index in [1.807, 2.05) is 29.6 Å². The number of nitrogens with zero attached hydrogens (tertiary/aromatic N) is 2. The van der Waals surface area contributed by atoms with Gasteiger partial charge in [0.2, 0.25) is 0 Å². The van der Waals surface area contributed by atoms with Crippen molar-refractivity contribution in [2.75, 3.05) is 65.0 Å². The van der Waals surface area contributed by atoms with Gasteiger partial charge in [0.25, 0.3) is 0 Å². The van der Waals surface area contributed by atoms with E-state index in [0.717, 1.165) is 82.3 Å². The highest BCUT2D eigenvalue weighted by Gasteiger charge is 2.26. The van der Waals surface area contributed by atoms with Crippen LogP contribution in [0.25, 0.3) is 5.70 Å². The number of hydrogen-bond donors (Lipinski definition) is 3. The van der Waals surface area contributed by atoms with E-state index in [4.69, 9.17) is 9.47 Å². The molecule has 38 heavy (non-hydrogen) atoms. The molecule has 4 heterocycles. The van der Waals surface area contributed by atoms with Gasteiger partial charge in [-0.2, -0.15) is 0 Å². The first kappa shape index (κ1) is 26.1. The molecule has 0 aliphatic carbocycles. The van der Waals surface area contributed by atoms with Gasteiger partial charge >= 0.3 is 0 Å². The van der Waals surface area contributed by atoms with Crippen molar-refractivity contribution < 1.29 is 14.6 Å². The highest BCUT2D eigenvalue weighted by atomic mass is 32.2. The zero-order valence-electron chi connectivity index (χ0n) is 21.8. The van der Waals surface area contributed by atoms with E-state index in [1.165, 1.54) is 25.3 Å². The van der Waals surface area contributed by atoms with Gasteiger partial charge in [-0.15, -0.1) is 0 Å². The maximum atomic E-state index is 10.6. The number of ether oxygens (including phenoxy) is 2. The number of hydrogen-bond acceptors (Lipinski definition) is 9. The third kappa shape index (κ3) is 5.88. The summed E-state index contributed by atoms with van der Waals surface area (Å²) in [4.78, 5) is 9.84. The highest BCUT2D eigenvalue weighted by molar-refractivity contribution is 8.05. The van der Waals surface area contributed by atoms with E-state index in [1.54, 1.807) is 7.11 Å². The molecule has 2 aromatic carbocycles. The predicted molar refractivity (Wildman–Crippen MR) is 154 cm³/mol. The lowest BCUT2D eigenvalue weighted by Gasteiger charge is -2.33. The second kappa shape index (κ2) is 11.9. The molecule has 4 aliphatic rings. The summed E-state index contributed by atoms with van der Waals surface area (Å²) in [6, 6.07) is 13.8. The van der Waals surface area contributed by atoms with Gasteiger partial charge < -0.3 is 35.0 Å². The third-order valence-corrected chi connectivity index (χ3v) is 10.1. The van der Waals surface area contributed by atoms with Crippen LogP contribution in [0.5, 0.6) is 0 Å². The minimum Gasteiger partial charge on any atom is -0.383 e. The minimum atomic E-state index is -0.710. The predicted octanol–water partition coefficient (Wildman–Crippen LogP) is 4.30. The van der Waals surface area contributed by atoms with E-state index >= 15 is 0 Å². The zero-order chi connectivity index (χ0) is 25.9. The van der Waals surface area contributed by atoms with E-state index < -0.39 is 6.23 Å². The first-order valence-corrected chi connectivity index (χ1v) is 15.1. The smallest absolute Gasteiger partial charge is 0.146 e. The van der Waals surface area contributed by atoms with Gasteiger partial charge in [-0.05, 0) is 49.3 Å². The van der Waals surface area contributed by atoms with Crippen LogP contribution in [-0.4, -0.2) is 86.8 Å². The summed E-state index contributed by atoms with van der Waals surface area (Å²) in [5.41, 5.74) is 4.35. The molecule has 0 amide bonds. The van der Waals surface area contributed by atoms with Crippen LogP contribution in [0.15, 0.2) is 73.8 Å². The standard InChI is InChI=1S/C29H36N4O3S2/c1-35-14-11-32-9-7-20(8-10-32)30-21-5-6-25-27(17-21)37-26-4-2-3-23(29(26)38-25)24-18-22(19-28(34)31-24)33-12-15-36-16-13-33/h2-6,17-20,28,30-31,34H,7-16H2,1H3. The Labute approximate surface area is 233 Å². The number of piperidine rings is 1. The number of aliphatic hydroxyl groups excluding tert-OH is 1. The quantitative estimate of drug-likeness (QED) is 0.398. The van der Waals surface area contributed by atoms with Crippen molar-refractivity contribution in [3.8, 4) is 0 Å². The molecule has 2 fully saturated rings. The molecule has 9 heteroatoms. The number of nitrogens with one attached hydrogen (secondary N) is 2. The summed E-state index contributed by atoms with van der Waals surface area (Å²) in [5.74, 6) is 0. The first-order valence-electron chi connectivity index (χ1n) is 13.5. The Balaban J connectivity index is 1.16. The van der Waals surface area contributed by atoms with Crippen molar-refractivity contribution >= 4 is 34.9 Å². The summed E-state index contributed by atoms with van der Waals surface area (Å²) in [7, 11) is 1.77. The number of morpholine rings is 1. The molecule has 0 saturated carbocycles. The Morgan fingerprint density at radius 3 is 2.71 bits per heavy atom. The number of methoxy groups -OCH3 is 1. The molecule has 202 valence electrons. The van der Waals surface area contributed by atoms with Crippen molar-refractivity contribution in [1.82, 2.24) is 15.1 Å². The number of fused-ring (bicyclic) bond motifs is 2. The molecule has 7 nitrogen and oxygen atoms in total. The molecule has 0 bridgehead atoms. The second-order valence-corrected chi connectivity index (χ2v) is 12.2. The molecule has 2 aromatic rings. The Kier molecular flexibility index (Phi) is 8.20. The molecular formula is C29H36N4O3S2. The number of aliphatic hydroxyl groups is 1. The van der Waals surface area contributed by atoms with Gasteiger partial charge in [-0.3, -0.25) is 0 Å². The Morgan fingerprint density at radius 2 is 1.89 bits per heavy atom. The number of anilines is 1. The van der Waals surface area contributed by atoms with Crippen LogP contribution >= 0.6 is 23.5 Å². The summed E-state index contributed by atoms with van der Waals surface area (Å²) in [6.07, 6.45) is 5.66. The number of rotatable bonds is 7. The topological polar surface area (TPSA) is 69.2 Å². The number of benzene rings is 2. The first-order chi connectivity index (χ1) is 18.7. The van der Waals surface area contributed by atoms with Crippen molar-refractivity contribution in [1.29, 1.82) is 0 Å². The van der Waals surface area contributed by atoms with Crippen molar-refractivity contribution in [2.45, 2.75) is 44.7 Å². The summed E-state index contributed by atoms with van der Waals surface area (Å²) in [6.45, 7) is 7.19. The van der Waals surface area contributed by atoms with Crippen LogP contribution in [0.3, 0.4) is 0 Å². The largest absolute Gasteiger partial charge is 0.383 e. The van der Waals surface area contributed by atoms with Gasteiger partial charge in [0, 0.05) is 88.1 Å². The number of allylic oxidation sites excluding steroid dienone is 1. The lowest BCUT2D eigenvalue weighted by atomic mass is 10.0. The van der Waals surface area contributed by atoms with Crippen LogP contribution in [0, 0.1) is 0 Å². The summed E-state index contributed by atoms with van der Waals surface area (Å²) in [5, 5.41) is 17.7. The lowest BCUT2D eigenvalue weighted by molar-refractivity contribution is 0.0541. The van der Waals surface area contributed by atoms with Crippen molar-refractivity contribution in [3.05, 3.63) is 59.8 Å². The Morgan fingerprint density at radius 1 is 1.05 bits per heavy atom. The lowest BCUT2D eigenvalue weighted by Crippen LogP contribution is -2.40. The number of dihydropyridines is 1. The molecule has 4 aliphatic heterocycles. The maximum Gasteiger partial charge on any atom is 0.146 e. The van der Waals surface area contributed by atoms with E-state index in [0.29, 0.717) is 6.04 Å². The average molecular weight is 553 g/mol. The molecule has 3 N–H and O–H groups in total. The van der Waals surface area contributed by atoms with E-state index in [2.05, 4.69) is 62.9 Å². The van der Waals surface area contributed by atoms with Crippen LogP contribution in [-0.2, 0) is 9.47 Å². The van der Waals surface area contributed by atoms with Crippen LogP contribution in [0.1, 0.15) is 18.4 Å². The molecule has 2 saturated heterocycles.